The highest BCUT2D eigenvalue weighted by Crippen LogP contribution is 2.23. The molecule has 1 heterocycles. The molecular formula is C24H41NO. The van der Waals surface area contributed by atoms with Crippen molar-refractivity contribution in [2.75, 3.05) is 13.1 Å². The number of amides is 1. The Labute approximate surface area is 162 Å². The summed E-state index contributed by atoms with van der Waals surface area (Å²) >= 11 is 0. The van der Waals surface area contributed by atoms with E-state index in [1.807, 2.05) is 0 Å². The number of allylic oxidation sites excluding steroid dienone is 4. The van der Waals surface area contributed by atoms with Gasteiger partial charge < -0.3 is 4.90 Å². The molecule has 0 saturated carbocycles. The molecule has 0 radical (unpaired) electrons. The van der Waals surface area contributed by atoms with E-state index in [0.717, 1.165) is 31.8 Å². The second-order valence-corrected chi connectivity index (χ2v) is 8.27. The van der Waals surface area contributed by atoms with Gasteiger partial charge in [-0.15, -0.1) is 0 Å². The van der Waals surface area contributed by atoms with E-state index in [0.29, 0.717) is 5.91 Å². The number of hydrogen-bond donors (Lipinski definition) is 0. The van der Waals surface area contributed by atoms with Crippen molar-refractivity contribution in [3.63, 3.8) is 0 Å². The summed E-state index contributed by atoms with van der Waals surface area (Å²) in [5, 5.41) is 0. The van der Waals surface area contributed by atoms with Gasteiger partial charge in [-0.3, -0.25) is 4.79 Å². The average molecular weight is 360 g/mol. The summed E-state index contributed by atoms with van der Waals surface area (Å²) < 4.78 is 0. The minimum atomic E-state index is 0.394. The third-order valence-corrected chi connectivity index (χ3v) is 5.94. The number of likely N-dealkylation sites (tertiary alicyclic amines) is 1. The molecule has 0 aromatic rings. The first-order chi connectivity index (χ1) is 12.9. The maximum absolute atomic E-state index is 11.9. The number of carbonyl (C=O) groups excluding carboxylic acids is 1. The van der Waals surface area contributed by atoms with Crippen LogP contribution >= 0.6 is 0 Å². The van der Waals surface area contributed by atoms with E-state index in [1.54, 1.807) is 0 Å². The smallest absolute Gasteiger partial charge is 0.222 e. The van der Waals surface area contributed by atoms with Gasteiger partial charge in [0, 0.05) is 19.5 Å². The quantitative estimate of drug-likeness (QED) is 0.246. The Morgan fingerprint density at radius 2 is 1.54 bits per heavy atom. The van der Waals surface area contributed by atoms with Crippen molar-refractivity contribution in [3.8, 4) is 0 Å². The third-order valence-electron chi connectivity index (χ3n) is 5.94. The van der Waals surface area contributed by atoms with Crippen molar-refractivity contribution in [3.05, 3.63) is 24.3 Å². The molecule has 1 amide bonds. The van der Waals surface area contributed by atoms with E-state index in [9.17, 15) is 4.79 Å². The highest BCUT2D eigenvalue weighted by Gasteiger charge is 2.16. The minimum Gasteiger partial charge on any atom is -0.343 e. The fraction of sp³-hybridized carbons (Fsp3) is 0.792. The van der Waals surface area contributed by atoms with Crippen LogP contribution in [-0.2, 0) is 4.79 Å². The van der Waals surface area contributed by atoms with Crippen LogP contribution < -0.4 is 0 Å². The standard InChI is InChI=1S/C24H41NO/c26-24(25-21-15-16-22-25)20-12-10-8-6-4-2-1-3-5-7-9-11-17-23-18-13-14-19-23/h1,3,13,18,23H,2,4-12,14-17,19-22H2/b3-1-. The van der Waals surface area contributed by atoms with Crippen LogP contribution in [0.5, 0.6) is 0 Å². The van der Waals surface area contributed by atoms with Crippen LogP contribution in [0.1, 0.15) is 103 Å². The van der Waals surface area contributed by atoms with Gasteiger partial charge in [-0.2, -0.15) is 0 Å². The highest BCUT2D eigenvalue weighted by atomic mass is 16.2. The summed E-state index contributed by atoms with van der Waals surface area (Å²) in [7, 11) is 0. The molecule has 1 saturated heterocycles. The van der Waals surface area contributed by atoms with Crippen molar-refractivity contribution < 1.29 is 4.79 Å². The van der Waals surface area contributed by atoms with E-state index in [2.05, 4.69) is 29.2 Å². The van der Waals surface area contributed by atoms with Crippen LogP contribution in [0, 0.1) is 5.92 Å². The van der Waals surface area contributed by atoms with Crippen molar-refractivity contribution >= 4 is 5.91 Å². The van der Waals surface area contributed by atoms with E-state index >= 15 is 0 Å². The lowest BCUT2D eigenvalue weighted by Crippen LogP contribution is -2.27. The van der Waals surface area contributed by atoms with Gasteiger partial charge in [0.15, 0.2) is 0 Å². The average Bonchev–Trinajstić information content (AvgIpc) is 3.35. The molecule has 1 fully saturated rings. The zero-order valence-corrected chi connectivity index (χ0v) is 17.0. The predicted molar refractivity (Wildman–Crippen MR) is 112 cm³/mol. The van der Waals surface area contributed by atoms with E-state index in [1.165, 1.54) is 89.9 Å². The molecule has 0 spiro atoms. The van der Waals surface area contributed by atoms with Crippen LogP contribution in [0.3, 0.4) is 0 Å². The maximum Gasteiger partial charge on any atom is 0.222 e. The molecule has 2 aliphatic rings. The van der Waals surface area contributed by atoms with Crippen LogP contribution in [0.2, 0.25) is 0 Å². The van der Waals surface area contributed by atoms with Crippen molar-refractivity contribution in [1.29, 1.82) is 0 Å². The van der Waals surface area contributed by atoms with Crippen LogP contribution in [0.4, 0.5) is 0 Å². The Balaban J connectivity index is 1.28. The first kappa shape index (κ1) is 21.3. The Bertz CT molecular complexity index is 420. The minimum absolute atomic E-state index is 0.394. The molecule has 0 bridgehead atoms. The molecule has 1 aliphatic carbocycles. The molecule has 0 aromatic heterocycles. The van der Waals surface area contributed by atoms with Gasteiger partial charge in [-0.1, -0.05) is 56.4 Å². The fourth-order valence-electron chi connectivity index (χ4n) is 4.21. The first-order valence-corrected chi connectivity index (χ1v) is 11.5. The zero-order valence-electron chi connectivity index (χ0n) is 17.0. The topological polar surface area (TPSA) is 20.3 Å². The highest BCUT2D eigenvalue weighted by molar-refractivity contribution is 5.76. The molecule has 2 nitrogen and oxygen atoms in total. The number of nitrogens with zero attached hydrogens (tertiary/aromatic N) is 1. The lowest BCUT2D eigenvalue weighted by Gasteiger charge is -2.14. The fourth-order valence-corrected chi connectivity index (χ4v) is 4.21. The molecular weight excluding hydrogens is 318 g/mol. The number of unbranched alkanes of at least 4 members (excludes halogenated alkanes) is 8. The second kappa shape index (κ2) is 14.1. The van der Waals surface area contributed by atoms with Crippen molar-refractivity contribution in [2.45, 2.75) is 103 Å². The zero-order chi connectivity index (χ0) is 18.3. The van der Waals surface area contributed by atoms with E-state index in [4.69, 9.17) is 0 Å². The monoisotopic (exact) mass is 359 g/mol. The molecule has 0 aromatic carbocycles. The van der Waals surface area contributed by atoms with Gasteiger partial charge in [0.1, 0.15) is 0 Å². The normalized spacial score (nSPS) is 19.8. The summed E-state index contributed by atoms with van der Waals surface area (Å²) in [5.41, 5.74) is 0. The molecule has 0 N–H and O–H groups in total. The molecule has 26 heavy (non-hydrogen) atoms. The lowest BCUT2D eigenvalue weighted by molar-refractivity contribution is -0.130. The van der Waals surface area contributed by atoms with Gasteiger partial charge in [-0.05, 0) is 70.1 Å². The predicted octanol–water partition coefficient (Wildman–Crippen LogP) is 6.81. The van der Waals surface area contributed by atoms with Crippen molar-refractivity contribution in [1.82, 2.24) is 4.90 Å². The summed E-state index contributed by atoms with van der Waals surface area (Å²) in [6, 6.07) is 0. The van der Waals surface area contributed by atoms with Gasteiger partial charge in [-0.25, -0.2) is 0 Å². The van der Waals surface area contributed by atoms with E-state index in [-0.39, 0.29) is 0 Å². The van der Waals surface area contributed by atoms with Gasteiger partial charge in [0.2, 0.25) is 5.91 Å². The van der Waals surface area contributed by atoms with Gasteiger partial charge in [0.05, 0.1) is 0 Å². The molecule has 148 valence electrons. The van der Waals surface area contributed by atoms with Gasteiger partial charge >= 0.3 is 0 Å². The summed E-state index contributed by atoms with van der Waals surface area (Å²) in [6.45, 7) is 2.01. The van der Waals surface area contributed by atoms with E-state index < -0.39 is 0 Å². The van der Waals surface area contributed by atoms with Crippen LogP contribution in [0.15, 0.2) is 24.3 Å². The molecule has 2 rings (SSSR count). The Kier molecular flexibility index (Phi) is 11.5. The first-order valence-electron chi connectivity index (χ1n) is 11.5. The maximum atomic E-state index is 11.9. The largest absolute Gasteiger partial charge is 0.343 e. The summed E-state index contributed by atoms with van der Waals surface area (Å²) in [4.78, 5) is 14.0. The number of rotatable bonds is 14. The Morgan fingerprint density at radius 1 is 0.885 bits per heavy atom. The van der Waals surface area contributed by atoms with Crippen LogP contribution in [0.25, 0.3) is 0 Å². The Morgan fingerprint density at radius 3 is 2.23 bits per heavy atom. The summed E-state index contributed by atoms with van der Waals surface area (Å²) in [5.74, 6) is 1.29. The Hall–Kier alpha value is -1.05. The SMILES string of the molecule is O=C(CCCCCCC/C=C\CCCCCC1C=CCC1)N1CCCC1. The van der Waals surface area contributed by atoms with Crippen LogP contribution in [-0.4, -0.2) is 23.9 Å². The molecule has 2 heteroatoms. The second-order valence-electron chi connectivity index (χ2n) is 8.27. The number of hydrogen-bond acceptors (Lipinski definition) is 1. The lowest BCUT2D eigenvalue weighted by atomic mass is 10.0. The molecule has 1 aliphatic heterocycles. The number of carbonyl (C=O) groups is 1. The third kappa shape index (κ3) is 9.59. The van der Waals surface area contributed by atoms with Gasteiger partial charge in [0.25, 0.3) is 0 Å². The summed E-state index contributed by atoms with van der Waals surface area (Å²) in [6.07, 6.45) is 29.7. The molecule has 1 unspecified atom stereocenters. The van der Waals surface area contributed by atoms with Crippen molar-refractivity contribution in [2.24, 2.45) is 5.92 Å². The molecule has 1 atom stereocenters.